The van der Waals surface area contributed by atoms with E-state index in [4.69, 9.17) is 9.72 Å². The first-order valence-corrected chi connectivity index (χ1v) is 12.9. The second-order valence-electron chi connectivity index (χ2n) is 8.22. The van der Waals surface area contributed by atoms with Gasteiger partial charge in [-0.3, -0.25) is 0 Å². The number of amides is 2. The molecular weight excluding hydrogens is 454 g/mol. The minimum absolute atomic E-state index is 0.0372. The van der Waals surface area contributed by atoms with Gasteiger partial charge >= 0.3 is 6.03 Å². The molecule has 9 nitrogen and oxygen atoms in total. The number of benzene rings is 2. The van der Waals surface area contributed by atoms with Crippen molar-refractivity contribution < 1.29 is 17.9 Å². The molecule has 1 aromatic heterocycles. The van der Waals surface area contributed by atoms with E-state index < -0.39 is 15.9 Å². The van der Waals surface area contributed by atoms with Gasteiger partial charge < -0.3 is 20.3 Å². The number of rotatable bonds is 6. The number of urea groups is 1. The van der Waals surface area contributed by atoms with Gasteiger partial charge in [0.05, 0.1) is 19.0 Å². The summed E-state index contributed by atoms with van der Waals surface area (Å²) in [6.07, 6.45) is 3.01. The van der Waals surface area contributed by atoms with Crippen LogP contribution in [0.1, 0.15) is 11.1 Å². The van der Waals surface area contributed by atoms with E-state index in [9.17, 15) is 13.2 Å². The van der Waals surface area contributed by atoms with Crippen LogP contribution in [0.15, 0.2) is 54.7 Å². The highest BCUT2D eigenvalue weighted by atomic mass is 32.2. The molecule has 2 N–H and O–H groups in total. The topological polar surface area (TPSA) is 114 Å². The lowest BCUT2D eigenvalue weighted by Crippen LogP contribution is -2.37. The fraction of sp³-hybridized carbons (Fsp3) is 0.292. The average Bonchev–Trinajstić information content (AvgIpc) is 2.81. The van der Waals surface area contributed by atoms with Gasteiger partial charge in [0, 0.05) is 48.0 Å². The molecule has 0 aliphatic carbocycles. The van der Waals surface area contributed by atoms with Crippen LogP contribution in [0.25, 0.3) is 11.4 Å². The van der Waals surface area contributed by atoms with Crippen LogP contribution < -0.4 is 15.5 Å². The number of carbonyl (C=O) groups is 1. The van der Waals surface area contributed by atoms with Crippen LogP contribution in [0.3, 0.4) is 0 Å². The SMILES string of the molecule is Cc1cnc(-c2ccc(NC(=O)Nc3ccc(CS(C)(=O)=O)cc3)cc2)nc1N1CCOCC1. The Morgan fingerprint density at radius 2 is 1.59 bits per heavy atom. The number of sulfone groups is 1. The van der Waals surface area contributed by atoms with Crippen molar-refractivity contribution in [2.24, 2.45) is 0 Å². The Balaban J connectivity index is 1.38. The van der Waals surface area contributed by atoms with Crippen molar-refractivity contribution in [3.8, 4) is 11.4 Å². The second-order valence-corrected chi connectivity index (χ2v) is 10.4. The van der Waals surface area contributed by atoms with Crippen molar-refractivity contribution in [1.29, 1.82) is 0 Å². The van der Waals surface area contributed by atoms with Gasteiger partial charge in [-0.15, -0.1) is 0 Å². The summed E-state index contributed by atoms with van der Waals surface area (Å²) in [5, 5.41) is 5.52. The minimum atomic E-state index is -3.10. The third-order valence-electron chi connectivity index (χ3n) is 5.30. The van der Waals surface area contributed by atoms with E-state index in [0.717, 1.165) is 30.0 Å². The zero-order valence-corrected chi connectivity index (χ0v) is 19.9. The molecule has 0 spiro atoms. The van der Waals surface area contributed by atoms with E-state index >= 15 is 0 Å². The zero-order valence-electron chi connectivity index (χ0n) is 19.1. The van der Waals surface area contributed by atoms with Gasteiger partial charge in [-0.2, -0.15) is 0 Å². The zero-order chi connectivity index (χ0) is 24.1. The van der Waals surface area contributed by atoms with Gasteiger partial charge in [0.2, 0.25) is 0 Å². The van der Waals surface area contributed by atoms with Crippen molar-refractivity contribution in [3.05, 3.63) is 65.9 Å². The molecule has 2 aromatic carbocycles. The summed E-state index contributed by atoms with van der Waals surface area (Å²) in [6, 6.07) is 13.6. The van der Waals surface area contributed by atoms with Crippen LogP contribution in [-0.2, 0) is 20.3 Å². The second kappa shape index (κ2) is 10.2. The molecule has 0 atom stereocenters. The Hall–Kier alpha value is -3.50. The quantitative estimate of drug-likeness (QED) is 0.554. The number of morpholine rings is 1. The molecule has 1 aliphatic heterocycles. The molecule has 2 heterocycles. The molecule has 34 heavy (non-hydrogen) atoms. The minimum Gasteiger partial charge on any atom is -0.378 e. The maximum absolute atomic E-state index is 12.3. The highest BCUT2D eigenvalue weighted by Gasteiger charge is 2.16. The number of aryl methyl sites for hydroxylation is 1. The first-order valence-electron chi connectivity index (χ1n) is 10.9. The number of nitrogens with one attached hydrogen (secondary N) is 2. The van der Waals surface area contributed by atoms with E-state index in [1.807, 2.05) is 25.3 Å². The predicted molar refractivity (Wildman–Crippen MR) is 133 cm³/mol. The van der Waals surface area contributed by atoms with Crippen LogP contribution in [0.5, 0.6) is 0 Å². The van der Waals surface area contributed by atoms with E-state index in [1.54, 1.807) is 36.4 Å². The van der Waals surface area contributed by atoms with Crippen LogP contribution in [0, 0.1) is 6.92 Å². The first kappa shape index (κ1) is 23.7. The van der Waals surface area contributed by atoms with Gasteiger partial charge in [-0.25, -0.2) is 23.2 Å². The number of anilines is 3. The van der Waals surface area contributed by atoms with Crippen molar-refractivity contribution in [2.45, 2.75) is 12.7 Å². The van der Waals surface area contributed by atoms with Gasteiger partial charge in [0.15, 0.2) is 15.7 Å². The lowest BCUT2D eigenvalue weighted by atomic mass is 10.2. The molecular formula is C24H27N5O4S. The van der Waals surface area contributed by atoms with Crippen LogP contribution >= 0.6 is 0 Å². The monoisotopic (exact) mass is 481 g/mol. The Labute approximate surface area is 199 Å². The third kappa shape index (κ3) is 6.30. The Morgan fingerprint density at radius 3 is 2.18 bits per heavy atom. The number of hydrogen-bond donors (Lipinski definition) is 2. The fourth-order valence-corrected chi connectivity index (χ4v) is 4.45. The molecule has 0 unspecified atom stereocenters. The molecule has 0 saturated carbocycles. The number of hydrogen-bond acceptors (Lipinski definition) is 7. The molecule has 10 heteroatoms. The van der Waals surface area contributed by atoms with Crippen LogP contribution in [0.2, 0.25) is 0 Å². The molecule has 1 fully saturated rings. The summed E-state index contributed by atoms with van der Waals surface area (Å²) in [7, 11) is -3.10. The van der Waals surface area contributed by atoms with E-state index in [0.29, 0.717) is 36.0 Å². The Bertz CT molecular complexity index is 1260. The van der Waals surface area contributed by atoms with Gasteiger partial charge in [-0.05, 0) is 48.9 Å². The van der Waals surface area contributed by atoms with Crippen LogP contribution in [0.4, 0.5) is 22.0 Å². The molecule has 1 saturated heterocycles. The highest BCUT2D eigenvalue weighted by Crippen LogP contribution is 2.24. The van der Waals surface area contributed by atoms with E-state index in [-0.39, 0.29) is 5.75 Å². The maximum atomic E-state index is 12.3. The van der Waals surface area contributed by atoms with Gasteiger partial charge in [-0.1, -0.05) is 12.1 Å². The molecule has 0 bridgehead atoms. The summed E-state index contributed by atoms with van der Waals surface area (Å²) < 4.78 is 28.2. The Morgan fingerprint density at radius 1 is 1.00 bits per heavy atom. The van der Waals surface area contributed by atoms with Crippen molar-refractivity contribution in [2.75, 3.05) is 48.1 Å². The number of aromatic nitrogens is 2. The molecule has 3 aromatic rings. The fourth-order valence-electron chi connectivity index (χ4n) is 3.65. The normalized spacial score (nSPS) is 14.0. The summed E-state index contributed by atoms with van der Waals surface area (Å²) in [5.41, 5.74) is 3.72. The molecule has 2 amide bonds. The lowest BCUT2D eigenvalue weighted by molar-refractivity contribution is 0.122. The van der Waals surface area contributed by atoms with Crippen molar-refractivity contribution in [1.82, 2.24) is 9.97 Å². The van der Waals surface area contributed by atoms with E-state index in [1.165, 1.54) is 6.26 Å². The third-order valence-corrected chi connectivity index (χ3v) is 6.15. The van der Waals surface area contributed by atoms with E-state index in [2.05, 4.69) is 20.5 Å². The van der Waals surface area contributed by atoms with Crippen molar-refractivity contribution in [3.63, 3.8) is 0 Å². The number of nitrogens with zero attached hydrogens (tertiary/aromatic N) is 3. The smallest absolute Gasteiger partial charge is 0.323 e. The maximum Gasteiger partial charge on any atom is 0.323 e. The highest BCUT2D eigenvalue weighted by molar-refractivity contribution is 7.89. The standard InChI is InChI=1S/C24H27N5O4S/c1-17-15-25-22(28-23(17)29-11-13-33-14-12-29)19-5-9-21(10-6-19)27-24(30)26-20-7-3-18(4-8-20)16-34(2,31)32/h3-10,15H,11-14,16H2,1-2H3,(H2,26,27,30). The first-order chi connectivity index (χ1) is 16.3. The molecule has 0 radical (unpaired) electrons. The largest absolute Gasteiger partial charge is 0.378 e. The number of carbonyl (C=O) groups excluding carboxylic acids is 1. The number of ether oxygens (including phenoxy) is 1. The predicted octanol–water partition coefficient (Wildman–Crippen LogP) is 3.48. The molecule has 1 aliphatic rings. The molecule has 178 valence electrons. The van der Waals surface area contributed by atoms with Crippen molar-refractivity contribution >= 4 is 33.1 Å². The summed E-state index contributed by atoms with van der Waals surface area (Å²) in [5.74, 6) is 1.50. The lowest BCUT2D eigenvalue weighted by Gasteiger charge is -2.29. The van der Waals surface area contributed by atoms with Gasteiger partial charge in [0.1, 0.15) is 5.82 Å². The summed E-state index contributed by atoms with van der Waals surface area (Å²) in [6.45, 7) is 4.98. The Kier molecular flexibility index (Phi) is 7.09. The molecule has 4 rings (SSSR count). The van der Waals surface area contributed by atoms with Gasteiger partial charge in [0.25, 0.3) is 0 Å². The summed E-state index contributed by atoms with van der Waals surface area (Å²) in [4.78, 5) is 23.8. The summed E-state index contributed by atoms with van der Waals surface area (Å²) >= 11 is 0. The average molecular weight is 482 g/mol. The van der Waals surface area contributed by atoms with Crippen LogP contribution in [-0.4, -0.2) is 57.0 Å².